The van der Waals surface area contributed by atoms with Gasteiger partial charge in [-0.05, 0) is 49.9 Å². The highest BCUT2D eigenvalue weighted by Gasteiger charge is 2.33. The summed E-state index contributed by atoms with van der Waals surface area (Å²) in [6, 6.07) is 13.3. The Bertz CT molecular complexity index is 1030. The quantitative estimate of drug-likeness (QED) is 0.709. The maximum absolute atomic E-state index is 13.1. The van der Waals surface area contributed by atoms with Crippen molar-refractivity contribution < 1.29 is 9.59 Å². The number of likely N-dealkylation sites (tertiary alicyclic amines) is 2. The van der Waals surface area contributed by atoms with Crippen LogP contribution in [-0.2, 0) is 4.79 Å². The number of nitrogens with one attached hydrogen (secondary N) is 1. The van der Waals surface area contributed by atoms with Crippen LogP contribution < -0.4 is 0 Å². The van der Waals surface area contributed by atoms with Gasteiger partial charge in [-0.1, -0.05) is 18.2 Å². The van der Waals surface area contributed by atoms with Crippen molar-refractivity contribution in [3.63, 3.8) is 0 Å². The minimum atomic E-state index is 0.0202. The summed E-state index contributed by atoms with van der Waals surface area (Å²) in [5.74, 6) is 1.65. The number of H-pyrrole nitrogens is 1. The van der Waals surface area contributed by atoms with E-state index >= 15 is 0 Å². The Labute approximate surface area is 181 Å². The molecule has 2 amide bonds. The zero-order valence-electron chi connectivity index (χ0n) is 17.5. The summed E-state index contributed by atoms with van der Waals surface area (Å²) in [5, 5.41) is 0. The Morgan fingerprint density at radius 1 is 0.871 bits per heavy atom. The summed E-state index contributed by atoms with van der Waals surface area (Å²) in [5.41, 5.74) is 2.44. The molecule has 2 aliphatic rings. The van der Waals surface area contributed by atoms with Crippen LogP contribution >= 0.6 is 0 Å². The molecular weight excluding hydrogens is 390 g/mol. The lowest BCUT2D eigenvalue weighted by molar-refractivity contribution is -0.138. The molecule has 5 rings (SSSR count). The van der Waals surface area contributed by atoms with Crippen LogP contribution in [0.5, 0.6) is 0 Å². The number of carbonyl (C=O) groups is 2. The number of pyridine rings is 1. The van der Waals surface area contributed by atoms with Gasteiger partial charge >= 0.3 is 0 Å². The smallest absolute Gasteiger partial charge is 0.253 e. The van der Waals surface area contributed by atoms with Gasteiger partial charge in [-0.2, -0.15) is 0 Å². The van der Waals surface area contributed by atoms with Crippen molar-refractivity contribution >= 4 is 23.0 Å². The van der Waals surface area contributed by atoms with Crippen LogP contribution in [0, 0.1) is 5.92 Å². The van der Waals surface area contributed by atoms with Crippen LogP contribution in [-0.4, -0.2) is 62.7 Å². The lowest BCUT2D eigenvalue weighted by Crippen LogP contribution is -2.46. The SMILES string of the molecule is O=C(c1ccccc1)N1CCC(C(=O)N2CCC(c3nc4ncccc4[nH]3)CC2)CC1. The number of fused-ring (bicyclic) bond motifs is 1. The third-order valence-corrected chi connectivity index (χ3v) is 6.62. The number of hydrogen-bond donors (Lipinski definition) is 1. The highest BCUT2D eigenvalue weighted by Crippen LogP contribution is 2.29. The predicted molar refractivity (Wildman–Crippen MR) is 118 cm³/mol. The van der Waals surface area contributed by atoms with Gasteiger partial charge in [-0.25, -0.2) is 9.97 Å². The zero-order chi connectivity index (χ0) is 21.2. The molecule has 2 aromatic heterocycles. The monoisotopic (exact) mass is 417 g/mol. The van der Waals surface area contributed by atoms with Gasteiger partial charge in [0.25, 0.3) is 5.91 Å². The molecule has 7 heteroatoms. The molecule has 0 radical (unpaired) electrons. The lowest BCUT2D eigenvalue weighted by Gasteiger charge is -2.37. The lowest BCUT2D eigenvalue weighted by atomic mass is 9.91. The number of amides is 2. The fourth-order valence-electron chi connectivity index (χ4n) is 4.78. The van der Waals surface area contributed by atoms with Gasteiger partial charge in [0.1, 0.15) is 5.82 Å². The first kappa shape index (κ1) is 19.7. The number of rotatable bonds is 3. The Morgan fingerprint density at radius 2 is 1.58 bits per heavy atom. The Morgan fingerprint density at radius 3 is 2.29 bits per heavy atom. The van der Waals surface area contributed by atoms with E-state index < -0.39 is 0 Å². The van der Waals surface area contributed by atoms with Crippen LogP contribution in [0.25, 0.3) is 11.2 Å². The summed E-state index contributed by atoms with van der Waals surface area (Å²) in [6.45, 7) is 2.81. The van der Waals surface area contributed by atoms with E-state index in [0.29, 0.717) is 19.0 Å². The molecule has 3 aromatic rings. The minimum Gasteiger partial charge on any atom is -0.342 e. The number of carbonyl (C=O) groups excluding carboxylic acids is 2. The van der Waals surface area contributed by atoms with E-state index in [0.717, 1.165) is 61.3 Å². The molecule has 7 nitrogen and oxygen atoms in total. The highest BCUT2D eigenvalue weighted by molar-refractivity contribution is 5.94. The first-order chi connectivity index (χ1) is 15.2. The molecule has 0 bridgehead atoms. The van der Waals surface area contributed by atoms with Crippen molar-refractivity contribution in [3.8, 4) is 0 Å². The molecule has 1 N–H and O–H groups in total. The minimum absolute atomic E-state index is 0.0202. The van der Waals surface area contributed by atoms with Crippen molar-refractivity contribution in [2.45, 2.75) is 31.6 Å². The van der Waals surface area contributed by atoms with Crippen molar-refractivity contribution in [2.24, 2.45) is 5.92 Å². The van der Waals surface area contributed by atoms with Gasteiger partial charge in [-0.15, -0.1) is 0 Å². The van der Waals surface area contributed by atoms with Gasteiger partial charge in [0.2, 0.25) is 5.91 Å². The second kappa shape index (κ2) is 8.49. The molecule has 0 spiro atoms. The summed E-state index contributed by atoms with van der Waals surface area (Å²) in [7, 11) is 0. The van der Waals surface area contributed by atoms with E-state index in [1.807, 2.05) is 52.3 Å². The average molecular weight is 418 g/mol. The second-order valence-corrected chi connectivity index (χ2v) is 8.53. The van der Waals surface area contributed by atoms with E-state index in [1.165, 1.54) is 0 Å². The normalized spacial score (nSPS) is 18.5. The fourth-order valence-corrected chi connectivity index (χ4v) is 4.78. The highest BCUT2D eigenvalue weighted by atomic mass is 16.2. The average Bonchev–Trinajstić information content (AvgIpc) is 3.28. The van der Waals surface area contributed by atoms with Crippen LogP contribution in [0.3, 0.4) is 0 Å². The van der Waals surface area contributed by atoms with Crippen molar-refractivity contribution in [3.05, 3.63) is 60.0 Å². The summed E-state index contributed by atoms with van der Waals surface area (Å²) in [6.07, 6.45) is 5.07. The number of hydrogen-bond acceptors (Lipinski definition) is 4. The van der Waals surface area contributed by atoms with E-state index in [4.69, 9.17) is 0 Å². The summed E-state index contributed by atoms with van der Waals surface area (Å²) in [4.78, 5) is 41.9. The molecule has 4 heterocycles. The van der Waals surface area contributed by atoms with Crippen LogP contribution in [0.15, 0.2) is 48.7 Å². The van der Waals surface area contributed by atoms with Crippen molar-refractivity contribution in [1.29, 1.82) is 0 Å². The molecule has 160 valence electrons. The van der Waals surface area contributed by atoms with E-state index in [2.05, 4.69) is 15.0 Å². The van der Waals surface area contributed by atoms with Gasteiger partial charge in [0.05, 0.1) is 5.52 Å². The molecule has 0 atom stereocenters. The largest absolute Gasteiger partial charge is 0.342 e. The third kappa shape index (κ3) is 4.04. The number of benzene rings is 1. The summed E-state index contributed by atoms with van der Waals surface area (Å²) < 4.78 is 0. The zero-order valence-corrected chi connectivity index (χ0v) is 17.5. The van der Waals surface area contributed by atoms with Crippen LogP contribution in [0.1, 0.15) is 47.8 Å². The number of aromatic amines is 1. The molecular formula is C24H27N5O2. The van der Waals surface area contributed by atoms with Crippen molar-refractivity contribution in [1.82, 2.24) is 24.8 Å². The molecule has 0 unspecified atom stereocenters. The standard InChI is InChI=1S/C24H27N5O2/c30-23(18-5-2-1-3-6-18)29-15-10-19(11-16-29)24(31)28-13-8-17(9-14-28)21-26-20-7-4-12-25-22(20)27-21/h1-7,12,17,19H,8-11,13-16H2,(H,25,26,27). The topological polar surface area (TPSA) is 82.2 Å². The van der Waals surface area contributed by atoms with E-state index in [1.54, 1.807) is 6.20 Å². The van der Waals surface area contributed by atoms with Gasteiger partial charge in [0.15, 0.2) is 5.65 Å². The number of piperidine rings is 2. The van der Waals surface area contributed by atoms with Crippen LogP contribution in [0.2, 0.25) is 0 Å². The van der Waals surface area contributed by atoms with Gasteiger partial charge in [-0.3, -0.25) is 9.59 Å². The Balaban J connectivity index is 1.14. The number of aromatic nitrogens is 3. The molecule has 1 aromatic carbocycles. The van der Waals surface area contributed by atoms with Crippen molar-refractivity contribution in [2.75, 3.05) is 26.2 Å². The molecule has 2 saturated heterocycles. The van der Waals surface area contributed by atoms with E-state index in [9.17, 15) is 9.59 Å². The van der Waals surface area contributed by atoms with Gasteiger partial charge < -0.3 is 14.8 Å². The molecule has 2 aliphatic heterocycles. The van der Waals surface area contributed by atoms with E-state index in [-0.39, 0.29) is 17.7 Å². The van der Waals surface area contributed by atoms with Crippen LogP contribution in [0.4, 0.5) is 0 Å². The maximum atomic E-state index is 13.1. The Hall–Kier alpha value is -3.22. The number of nitrogens with zero attached hydrogens (tertiary/aromatic N) is 4. The molecule has 0 saturated carbocycles. The Kier molecular flexibility index (Phi) is 5.40. The van der Waals surface area contributed by atoms with Gasteiger partial charge in [0, 0.05) is 49.8 Å². The number of imidazole rings is 1. The third-order valence-electron chi connectivity index (χ3n) is 6.62. The first-order valence-corrected chi connectivity index (χ1v) is 11.1. The maximum Gasteiger partial charge on any atom is 0.253 e. The predicted octanol–water partition coefficient (Wildman–Crippen LogP) is 3.22. The molecule has 0 aliphatic carbocycles. The summed E-state index contributed by atoms with van der Waals surface area (Å²) >= 11 is 0. The first-order valence-electron chi connectivity index (χ1n) is 11.1. The second-order valence-electron chi connectivity index (χ2n) is 8.53. The molecule has 31 heavy (non-hydrogen) atoms. The fraction of sp³-hybridized carbons (Fsp3) is 0.417. The molecule has 2 fully saturated rings.